The third-order valence-electron chi connectivity index (χ3n) is 2.28. The summed E-state index contributed by atoms with van der Waals surface area (Å²) in [5, 5.41) is 3.30. The predicted molar refractivity (Wildman–Crippen MR) is 69.3 cm³/mol. The minimum atomic E-state index is 0.813. The molecule has 72 valence electrons. The van der Waals surface area contributed by atoms with Crippen LogP contribution < -0.4 is 0 Å². The number of hydrogen-bond acceptors (Lipinski definition) is 2. The number of carbonyl (C=O) groups excluding carboxylic acids is 1. The largest absolute Gasteiger partial charge is 0.298 e. The molecule has 0 amide bonds. The average Bonchev–Trinajstić information content (AvgIpc) is 2.68. The molecule has 2 aromatic rings. The molecule has 0 N–H and O–H groups in total. The molecule has 0 saturated heterocycles. The Hall–Kier alpha value is -0.420. The van der Waals surface area contributed by atoms with Crippen molar-refractivity contribution >= 4 is 50.3 Å². The van der Waals surface area contributed by atoms with Gasteiger partial charge in [0, 0.05) is 19.2 Å². The van der Waals surface area contributed by atoms with E-state index in [2.05, 4.69) is 41.0 Å². The third kappa shape index (κ3) is 1.48. The van der Waals surface area contributed by atoms with Crippen LogP contribution >= 0.6 is 33.9 Å². The van der Waals surface area contributed by atoms with Crippen molar-refractivity contribution in [2.75, 3.05) is 0 Å². The van der Waals surface area contributed by atoms with Crippen LogP contribution in [0.3, 0.4) is 0 Å². The second kappa shape index (κ2) is 3.98. The summed E-state index contributed by atoms with van der Waals surface area (Å²) in [7, 11) is 0. The number of aldehydes is 1. The second-order valence-electron chi connectivity index (χ2n) is 3.07. The first kappa shape index (κ1) is 10.1. The molecule has 3 heteroatoms. The second-order valence-corrected chi connectivity index (χ2v) is 5.07. The van der Waals surface area contributed by atoms with E-state index >= 15 is 0 Å². The standard InChI is InChI=1S/C11H9IOS/c1-2-7-5-8(6-13)10(12)9-3-4-14-11(7)9/h3-6H,2H2,1H3. The molecule has 0 aliphatic heterocycles. The molecule has 0 radical (unpaired) electrons. The van der Waals surface area contributed by atoms with Crippen molar-refractivity contribution in [3.63, 3.8) is 0 Å². The molecule has 0 aliphatic carbocycles. The van der Waals surface area contributed by atoms with Gasteiger partial charge in [-0.05, 0) is 52.1 Å². The zero-order valence-electron chi connectivity index (χ0n) is 7.71. The molecule has 1 heterocycles. The van der Waals surface area contributed by atoms with Crippen molar-refractivity contribution in [2.24, 2.45) is 0 Å². The number of thiophene rings is 1. The van der Waals surface area contributed by atoms with E-state index in [1.165, 1.54) is 15.6 Å². The molecule has 1 aromatic heterocycles. The van der Waals surface area contributed by atoms with E-state index in [9.17, 15) is 4.79 Å². The van der Waals surface area contributed by atoms with Crippen LogP contribution in [0.4, 0.5) is 0 Å². The van der Waals surface area contributed by atoms with Crippen molar-refractivity contribution < 1.29 is 4.79 Å². The van der Waals surface area contributed by atoms with Gasteiger partial charge in [0.2, 0.25) is 0 Å². The lowest BCUT2D eigenvalue weighted by atomic mass is 10.1. The quantitative estimate of drug-likeness (QED) is 0.607. The number of carbonyl (C=O) groups is 1. The highest BCUT2D eigenvalue weighted by Gasteiger charge is 2.09. The lowest BCUT2D eigenvalue weighted by Crippen LogP contribution is -1.90. The van der Waals surface area contributed by atoms with Gasteiger partial charge in [-0.25, -0.2) is 0 Å². The molecule has 0 spiro atoms. The normalized spacial score (nSPS) is 10.7. The van der Waals surface area contributed by atoms with E-state index in [-0.39, 0.29) is 0 Å². The zero-order chi connectivity index (χ0) is 10.1. The highest BCUT2D eigenvalue weighted by atomic mass is 127. The van der Waals surface area contributed by atoms with E-state index in [0.29, 0.717) is 0 Å². The first-order valence-corrected chi connectivity index (χ1v) is 6.37. The van der Waals surface area contributed by atoms with Crippen LogP contribution in [-0.4, -0.2) is 6.29 Å². The lowest BCUT2D eigenvalue weighted by Gasteiger charge is -2.04. The minimum absolute atomic E-state index is 0.813. The fourth-order valence-corrected chi connectivity index (χ4v) is 3.46. The topological polar surface area (TPSA) is 17.1 Å². The Balaban J connectivity index is 2.86. The first-order chi connectivity index (χ1) is 6.77. The summed E-state index contributed by atoms with van der Waals surface area (Å²) in [5.41, 5.74) is 2.09. The van der Waals surface area contributed by atoms with Gasteiger partial charge in [0.15, 0.2) is 6.29 Å². The lowest BCUT2D eigenvalue weighted by molar-refractivity contribution is 0.112. The molecule has 2 rings (SSSR count). The van der Waals surface area contributed by atoms with Gasteiger partial charge in [0.05, 0.1) is 0 Å². The van der Waals surface area contributed by atoms with Crippen LogP contribution in [0.2, 0.25) is 0 Å². The smallest absolute Gasteiger partial charge is 0.151 e. The van der Waals surface area contributed by atoms with Gasteiger partial charge >= 0.3 is 0 Å². The van der Waals surface area contributed by atoms with E-state index in [1.54, 1.807) is 11.3 Å². The Kier molecular flexibility index (Phi) is 2.88. The third-order valence-corrected chi connectivity index (χ3v) is 4.48. The number of aryl methyl sites for hydroxylation is 1. The summed E-state index contributed by atoms with van der Waals surface area (Å²) in [6.45, 7) is 2.12. The number of halogens is 1. The monoisotopic (exact) mass is 316 g/mol. The van der Waals surface area contributed by atoms with Crippen molar-refractivity contribution in [1.82, 2.24) is 0 Å². The molecule has 0 unspecified atom stereocenters. The fourth-order valence-electron chi connectivity index (χ4n) is 1.55. The van der Waals surface area contributed by atoms with Crippen molar-refractivity contribution in [2.45, 2.75) is 13.3 Å². The summed E-state index contributed by atoms with van der Waals surface area (Å²) in [5.74, 6) is 0. The maximum atomic E-state index is 10.9. The van der Waals surface area contributed by atoms with Crippen LogP contribution in [0, 0.1) is 3.57 Å². The highest BCUT2D eigenvalue weighted by Crippen LogP contribution is 2.31. The molecule has 0 fully saturated rings. The molecule has 0 aliphatic rings. The number of hydrogen-bond donors (Lipinski definition) is 0. The van der Waals surface area contributed by atoms with E-state index in [0.717, 1.165) is 21.8 Å². The maximum absolute atomic E-state index is 10.9. The first-order valence-electron chi connectivity index (χ1n) is 4.41. The Morgan fingerprint density at radius 3 is 3.00 bits per heavy atom. The fraction of sp³-hybridized carbons (Fsp3) is 0.182. The average molecular weight is 316 g/mol. The van der Waals surface area contributed by atoms with Gasteiger partial charge in [0.25, 0.3) is 0 Å². The van der Waals surface area contributed by atoms with Crippen LogP contribution in [0.15, 0.2) is 17.5 Å². The molecule has 1 aromatic carbocycles. The Morgan fingerprint density at radius 2 is 2.36 bits per heavy atom. The highest BCUT2D eigenvalue weighted by molar-refractivity contribution is 14.1. The molecule has 14 heavy (non-hydrogen) atoms. The maximum Gasteiger partial charge on any atom is 0.151 e. The van der Waals surface area contributed by atoms with Crippen molar-refractivity contribution in [3.05, 3.63) is 32.2 Å². The minimum Gasteiger partial charge on any atom is -0.298 e. The van der Waals surface area contributed by atoms with Crippen LogP contribution in [0.5, 0.6) is 0 Å². The van der Waals surface area contributed by atoms with Crippen LogP contribution in [0.1, 0.15) is 22.8 Å². The van der Waals surface area contributed by atoms with Gasteiger partial charge in [-0.1, -0.05) is 6.92 Å². The van der Waals surface area contributed by atoms with E-state index < -0.39 is 0 Å². The van der Waals surface area contributed by atoms with E-state index in [1.807, 2.05) is 6.07 Å². The molecule has 0 saturated carbocycles. The molecule has 0 atom stereocenters. The van der Waals surface area contributed by atoms with Crippen LogP contribution in [-0.2, 0) is 6.42 Å². The summed E-state index contributed by atoms with van der Waals surface area (Å²) < 4.78 is 2.40. The summed E-state index contributed by atoms with van der Waals surface area (Å²) >= 11 is 3.99. The van der Waals surface area contributed by atoms with Gasteiger partial charge in [-0.2, -0.15) is 0 Å². The van der Waals surface area contributed by atoms with Gasteiger partial charge in [0.1, 0.15) is 0 Å². The Labute approximate surface area is 100 Å². The van der Waals surface area contributed by atoms with Gasteiger partial charge < -0.3 is 0 Å². The van der Waals surface area contributed by atoms with Gasteiger partial charge in [-0.3, -0.25) is 4.79 Å². The summed E-state index contributed by atoms with van der Waals surface area (Å²) in [4.78, 5) is 10.9. The predicted octanol–water partition coefficient (Wildman–Crippen LogP) is 3.88. The SMILES string of the molecule is CCc1cc(C=O)c(I)c2ccsc12. The molecular formula is C11H9IOS. The van der Waals surface area contributed by atoms with E-state index in [4.69, 9.17) is 0 Å². The summed E-state index contributed by atoms with van der Waals surface area (Å²) in [6, 6.07) is 4.10. The number of fused-ring (bicyclic) bond motifs is 1. The Morgan fingerprint density at radius 1 is 1.57 bits per heavy atom. The number of rotatable bonds is 2. The molecule has 0 bridgehead atoms. The van der Waals surface area contributed by atoms with Crippen molar-refractivity contribution in [1.29, 1.82) is 0 Å². The Bertz CT molecular complexity index is 487. The molecular weight excluding hydrogens is 307 g/mol. The zero-order valence-corrected chi connectivity index (χ0v) is 10.7. The van der Waals surface area contributed by atoms with Gasteiger partial charge in [-0.15, -0.1) is 11.3 Å². The van der Waals surface area contributed by atoms with Crippen LogP contribution in [0.25, 0.3) is 10.1 Å². The number of benzene rings is 1. The molecule has 1 nitrogen and oxygen atoms in total. The van der Waals surface area contributed by atoms with Crippen molar-refractivity contribution in [3.8, 4) is 0 Å². The summed E-state index contributed by atoms with van der Waals surface area (Å²) in [6.07, 6.45) is 1.92.